The summed E-state index contributed by atoms with van der Waals surface area (Å²) in [4.78, 5) is 34.0. The molecule has 9 heteroatoms. The molecule has 1 saturated carbocycles. The number of thiophene rings is 1. The van der Waals surface area contributed by atoms with Crippen molar-refractivity contribution < 1.29 is 4.79 Å². The summed E-state index contributed by atoms with van der Waals surface area (Å²) in [6, 6.07) is 14.2. The largest absolute Gasteiger partial charge is 0.298 e. The second-order valence-electron chi connectivity index (χ2n) is 10.0. The first-order chi connectivity index (χ1) is 18.7. The lowest BCUT2D eigenvalue weighted by Crippen LogP contribution is -2.24. The van der Waals surface area contributed by atoms with E-state index in [0.29, 0.717) is 5.65 Å². The number of fused-ring (bicyclic) bond motifs is 9. The molecule has 1 fully saturated rings. The molecular formula is C29H23N7OS. The van der Waals surface area contributed by atoms with Crippen LogP contribution in [0.25, 0.3) is 64.8 Å². The number of carbonyl (C=O) groups excluding carboxylic acids is 1. The minimum atomic E-state index is 0.0133. The fourth-order valence-electron chi connectivity index (χ4n) is 5.77. The second kappa shape index (κ2) is 8.32. The quantitative estimate of drug-likeness (QED) is 0.244. The van der Waals surface area contributed by atoms with Crippen LogP contribution in [0.2, 0.25) is 0 Å². The highest BCUT2D eigenvalue weighted by Gasteiger charge is 2.24. The molecule has 8 nitrogen and oxygen atoms in total. The average Bonchev–Trinajstić information content (AvgIpc) is 3.71. The average molecular weight is 518 g/mol. The Kier molecular flexibility index (Phi) is 4.75. The first-order valence-electron chi connectivity index (χ1n) is 13.0. The summed E-state index contributed by atoms with van der Waals surface area (Å²) in [7, 11) is 0. The van der Waals surface area contributed by atoms with Gasteiger partial charge < -0.3 is 0 Å². The first-order valence-corrected chi connectivity index (χ1v) is 13.8. The maximum Gasteiger partial charge on any atom is 0.235 e. The van der Waals surface area contributed by atoms with E-state index in [4.69, 9.17) is 15.0 Å². The number of hydrogen-bond donors (Lipinski definition) is 2. The molecular weight excluding hydrogens is 494 g/mol. The van der Waals surface area contributed by atoms with E-state index in [1.165, 1.54) is 6.42 Å². The van der Waals surface area contributed by atoms with Crippen LogP contribution >= 0.6 is 11.3 Å². The molecule has 6 heterocycles. The van der Waals surface area contributed by atoms with Crippen LogP contribution < -0.4 is 0 Å². The van der Waals surface area contributed by atoms with Crippen molar-refractivity contribution in [2.24, 2.45) is 5.92 Å². The van der Waals surface area contributed by atoms with Crippen LogP contribution in [0.1, 0.15) is 36.9 Å². The fourth-order valence-corrected chi connectivity index (χ4v) is 6.82. The van der Waals surface area contributed by atoms with Crippen LogP contribution in [0.5, 0.6) is 0 Å². The lowest BCUT2D eigenvalue weighted by Gasteiger charge is -2.21. The Balaban J connectivity index is 1.54. The van der Waals surface area contributed by atoms with Gasteiger partial charge in [-0.15, -0.1) is 11.3 Å². The van der Waals surface area contributed by atoms with Crippen molar-refractivity contribution in [1.29, 1.82) is 0 Å². The highest BCUT2D eigenvalue weighted by molar-refractivity contribution is 7.24. The van der Waals surface area contributed by atoms with Gasteiger partial charge in [-0.3, -0.25) is 29.5 Å². The number of aromatic amines is 2. The molecule has 5 aromatic rings. The fraction of sp³-hybridized carbons (Fsp3) is 0.207. The van der Waals surface area contributed by atoms with Crippen LogP contribution in [0, 0.1) is 5.92 Å². The molecule has 0 saturated heterocycles. The van der Waals surface area contributed by atoms with Gasteiger partial charge in [-0.05, 0) is 43.2 Å². The van der Waals surface area contributed by atoms with Crippen molar-refractivity contribution >= 4 is 70.8 Å². The number of imidazole rings is 1. The number of pyridine rings is 2. The summed E-state index contributed by atoms with van der Waals surface area (Å²) in [6.45, 7) is 0. The third-order valence-electron chi connectivity index (χ3n) is 7.71. The van der Waals surface area contributed by atoms with Crippen molar-refractivity contribution in [2.75, 3.05) is 0 Å². The van der Waals surface area contributed by atoms with E-state index in [-0.39, 0.29) is 11.8 Å². The van der Waals surface area contributed by atoms with Crippen molar-refractivity contribution in [3.63, 3.8) is 0 Å². The second-order valence-corrected chi connectivity index (χ2v) is 11.1. The predicted molar refractivity (Wildman–Crippen MR) is 151 cm³/mol. The molecule has 8 bridgehead atoms. The van der Waals surface area contributed by atoms with E-state index in [2.05, 4.69) is 27.3 Å². The molecule has 38 heavy (non-hydrogen) atoms. The molecule has 1 aromatic carbocycles. The third kappa shape index (κ3) is 3.31. The minimum Gasteiger partial charge on any atom is -0.298 e. The van der Waals surface area contributed by atoms with Gasteiger partial charge in [0.1, 0.15) is 10.5 Å². The standard InChI is InChI=1S/C29H23N7OS/c37-29(16-5-2-1-3-6-16)36-18-11-17(13-30-14-18)22-12-20-23(15-31-22)34-35-27(20)28-32-21-8-4-7-19(26(21)33-28)24-9-10-25(36)38-24/h4,7-16,34-35H,1-3,5-6H2. The van der Waals surface area contributed by atoms with E-state index in [1.54, 1.807) is 29.9 Å². The Hall–Kier alpha value is -4.37. The Morgan fingerprint density at radius 1 is 0.947 bits per heavy atom. The van der Waals surface area contributed by atoms with Crippen molar-refractivity contribution in [3.8, 4) is 11.3 Å². The Morgan fingerprint density at radius 3 is 2.79 bits per heavy atom. The number of rotatable bonds is 1. The predicted octanol–water partition coefficient (Wildman–Crippen LogP) is 7.00. The zero-order valence-corrected chi connectivity index (χ0v) is 21.3. The van der Waals surface area contributed by atoms with Crippen molar-refractivity contribution in [3.05, 3.63) is 61.1 Å². The first kappa shape index (κ1) is 21.7. The van der Waals surface area contributed by atoms with Crippen LogP contribution in [0.4, 0.5) is 0 Å². The van der Waals surface area contributed by atoms with E-state index in [1.807, 2.05) is 34.9 Å². The van der Waals surface area contributed by atoms with Crippen molar-refractivity contribution in [2.45, 2.75) is 32.1 Å². The van der Waals surface area contributed by atoms with Gasteiger partial charge >= 0.3 is 0 Å². The number of H-pyrrole nitrogens is 2. The van der Waals surface area contributed by atoms with Crippen LogP contribution in [-0.2, 0) is 0 Å². The normalized spacial score (nSPS) is 14.8. The summed E-state index contributed by atoms with van der Waals surface area (Å²) >= 11 is 1.60. The summed E-state index contributed by atoms with van der Waals surface area (Å²) < 4.78 is 2.92. The summed E-state index contributed by atoms with van der Waals surface area (Å²) in [6.07, 6.45) is 10.6. The van der Waals surface area contributed by atoms with Crippen LogP contribution in [0.3, 0.4) is 0 Å². The van der Waals surface area contributed by atoms with E-state index in [9.17, 15) is 4.79 Å². The van der Waals surface area contributed by atoms with Gasteiger partial charge in [0.2, 0.25) is 5.91 Å². The van der Waals surface area contributed by atoms with Gasteiger partial charge in [0.25, 0.3) is 0 Å². The van der Waals surface area contributed by atoms with Crippen LogP contribution in [-0.4, -0.2) is 40.6 Å². The van der Waals surface area contributed by atoms with E-state index >= 15 is 0 Å². The number of benzene rings is 1. The topological polar surface area (TPSA) is 105 Å². The number of carbonyl (C=O) groups is 1. The lowest BCUT2D eigenvalue weighted by atomic mass is 9.88. The highest BCUT2D eigenvalue weighted by Crippen LogP contribution is 2.33. The Morgan fingerprint density at radius 2 is 1.87 bits per heavy atom. The molecule has 0 atom stereocenters. The lowest BCUT2D eigenvalue weighted by molar-refractivity contribution is 0.0812. The molecule has 0 spiro atoms. The number of nitrogens with one attached hydrogen (secondary N) is 2. The zero-order chi connectivity index (χ0) is 25.2. The summed E-state index contributed by atoms with van der Waals surface area (Å²) in [5, 5.41) is 8.30. The third-order valence-corrected chi connectivity index (χ3v) is 8.81. The zero-order valence-electron chi connectivity index (χ0n) is 20.4. The summed E-state index contributed by atoms with van der Waals surface area (Å²) in [5.41, 5.74) is 6.45. The molecule has 0 unspecified atom stereocenters. The van der Waals surface area contributed by atoms with Gasteiger partial charge in [-0.2, -0.15) is 0 Å². The number of nitrogens with zero attached hydrogens (tertiary/aromatic N) is 5. The smallest absolute Gasteiger partial charge is 0.235 e. The highest BCUT2D eigenvalue weighted by atomic mass is 32.1. The number of para-hydroxylation sites is 1. The molecule has 0 amide bonds. The molecule has 8 rings (SSSR count). The minimum absolute atomic E-state index is 0.0133. The monoisotopic (exact) mass is 517 g/mol. The number of aromatic nitrogens is 7. The van der Waals surface area contributed by atoms with E-state index in [0.717, 1.165) is 84.8 Å². The van der Waals surface area contributed by atoms with Gasteiger partial charge in [-0.1, -0.05) is 31.4 Å². The Labute approximate surface area is 220 Å². The maximum atomic E-state index is 14.1. The van der Waals surface area contributed by atoms with E-state index < -0.39 is 0 Å². The Bertz CT molecular complexity index is 2060. The molecule has 2 aliphatic heterocycles. The molecule has 4 aromatic heterocycles. The van der Waals surface area contributed by atoms with Gasteiger partial charge in [0, 0.05) is 33.2 Å². The van der Waals surface area contributed by atoms with Gasteiger partial charge in [0.05, 0.1) is 40.0 Å². The molecule has 3 aliphatic rings. The molecule has 0 radical (unpaired) electrons. The molecule has 186 valence electrons. The van der Waals surface area contributed by atoms with Crippen molar-refractivity contribution in [1.82, 2.24) is 34.7 Å². The number of hydrogen-bond acceptors (Lipinski definition) is 6. The van der Waals surface area contributed by atoms with Crippen LogP contribution in [0.15, 0.2) is 61.1 Å². The van der Waals surface area contributed by atoms with Gasteiger partial charge in [-0.25, -0.2) is 9.97 Å². The summed E-state index contributed by atoms with van der Waals surface area (Å²) in [5.74, 6) is 0.153. The molecule has 1 aliphatic carbocycles. The SMILES string of the molecule is O=C(C1CCCCC1)n1c2cncc(c2)c2cc3c(cn2)[nH][nH]c-3c2nc3cccc(c4ccc1s4)c3n2. The molecule has 2 N–H and O–H groups in total. The maximum absolute atomic E-state index is 14.1. The van der Waals surface area contributed by atoms with Gasteiger partial charge in [0.15, 0.2) is 5.65 Å².